The normalized spacial score (nSPS) is 16.0. The van der Waals surface area contributed by atoms with E-state index in [1.54, 1.807) is 7.11 Å². The van der Waals surface area contributed by atoms with E-state index < -0.39 is 0 Å². The van der Waals surface area contributed by atoms with Crippen LogP contribution < -0.4 is 14.8 Å². The summed E-state index contributed by atoms with van der Waals surface area (Å²) >= 11 is 12.3. The maximum absolute atomic E-state index is 6.43. The number of rotatable bonds is 8. The van der Waals surface area contributed by atoms with Crippen LogP contribution in [0.3, 0.4) is 0 Å². The SMILES string of the molecule is COc1cc(CNCC2CCCO2)cc(Cl)c1OCc1ccc(Cl)cc1.Cl. The Balaban J connectivity index is 0.00000261. The predicted octanol–water partition coefficient (Wildman–Crippen LogP) is 5.27. The van der Waals surface area contributed by atoms with Crippen LogP contribution in [0.15, 0.2) is 36.4 Å². The van der Waals surface area contributed by atoms with Crippen molar-refractivity contribution in [3.63, 3.8) is 0 Å². The number of benzene rings is 2. The highest BCUT2D eigenvalue weighted by Gasteiger charge is 2.16. The molecule has 2 aromatic rings. The third-order valence-electron chi connectivity index (χ3n) is 4.31. The molecule has 1 saturated heterocycles. The van der Waals surface area contributed by atoms with Crippen LogP contribution in [0.5, 0.6) is 11.5 Å². The van der Waals surface area contributed by atoms with E-state index in [1.807, 2.05) is 36.4 Å². The lowest BCUT2D eigenvalue weighted by Crippen LogP contribution is -2.25. The number of nitrogens with one attached hydrogen (secondary N) is 1. The zero-order chi connectivity index (χ0) is 18.4. The summed E-state index contributed by atoms with van der Waals surface area (Å²) < 4.78 is 17.0. The van der Waals surface area contributed by atoms with Crippen molar-refractivity contribution >= 4 is 35.6 Å². The van der Waals surface area contributed by atoms with Crippen molar-refractivity contribution in [2.45, 2.75) is 32.1 Å². The zero-order valence-corrected chi connectivity index (χ0v) is 17.5. The van der Waals surface area contributed by atoms with Crippen LogP contribution >= 0.6 is 35.6 Å². The van der Waals surface area contributed by atoms with E-state index in [4.69, 9.17) is 37.4 Å². The van der Waals surface area contributed by atoms with Gasteiger partial charge in [-0.25, -0.2) is 0 Å². The second kappa shape index (κ2) is 11.0. The Morgan fingerprint density at radius 3 is 2.59 bits per heavy atom. The third kappa shape index (κ3) is 6.44. The van der Waals surface area contributed by atoms with E-state index in [1.165, 1.54) is 0 Å². The van der Waals surface area contributed by atoms with Crippen molar-refractivity contribution in [3.8, 4) is 11.5 Å². The fourth-order valence-corrected chi connectivity index (χ4v) is 3.35. The maximum atomic E-state index is 6.43. The molecule has 1 unspecified atom stereocenters. The van der Waals surface area contributed by atoms with Gasteiger partial charge in [0, 0.05) is 24.7 Å². The Bertz CT molecular complexity index is 719. The number of methoxy groups -OCH3 is 1. The van der Waals surface area contributed by atoms with Crippen molar-refractivity contribution < 1.29 is 14.2 Å². The van der Waals surface area contributed by atoms with Crippen LogP contribution in [0.1, 0.15) is 24.0 Å². The average molecular weight is 433 g/mol. The minimum Gasteiger partial charge on any atom is -0.493 e. The van der Waals surface area contributed by atoms with E-state index in [2.05, 4.69) is 5.32 Å². The van der Waals surface area contributed by atoms with Gasteiger partial charge in [-0.3, -0.25) is 0 Å². The van der Waals surface area contributed by atoms with Gasteiger partial charge in [-0.05, 0) is 48.2 Å². The Morgan fingerprint density at radius 1 is 1.15 bits per heavy atom. The summed E-state index contributed by atoms with van der Waals surface area (Å²) in [6, 6.07) is 11.4. The minimum absolute atomic E-state index is 0. The van der Waals surface area contributed by atoms with E-state index in [0.29, 0.717) is 40.8 Å². The summed E-state index contributed by atoms with van der Waals surface area (Å²) in [5.74, 6) is 1.17. The molecular formula is C20H24Cl3NO3. The van der Waals surface area contributed by atoms with Gasteiger partial charge in [-0.2, -0.15) is 0 Å². The van der Waals surface area contributed by atoms with Gasteiger partial charge in [0.05, 0.1) is 18.2 Å². The molecule has 0 aliphatic carbocycles. The maximum Gasteiger partial charge on any atom is 0.180 e. The fraction of sp³-hybridized carbons (Fsp3) is 0.400. The Kier molecular flexibility index (Phi) is 9.00. The Morgan fingerprint density at radius 2 is 1.93 bits per heavy atom. The lowest BCUT2D eigenvalue weighted by Gasteiger charge is -2.15. The summed E-state index contributed by atoms with van der Waals surface area (Å²) in [6.07, 6.45) is 2.58. The van der Waals surface area contributed by atoms with E-state index >= 15 is 0 Å². The summed E-state index contributed by atoms with van der Waals surface area (Å²) in [4.78, 5) is 0. The van der Waals surface area contributed by atoms with Crippen molar-refractivity contribution in [1.29, 1.82) is 0 Å². The van der Waals surface area contributed by atoms with Crippen LogP contribution in [0.2, 0.25) is 10.0 Å². The highest BCUT2D eigenvalue weighted by atomic mass is 35.5. The van der Waals surface area contributed by atoms with E-state index in [-0.39, 0.29) is 12.4 Å². The summed E-state index contributed by atoms with van der Waals surface area (Å²) in [6.45, 7) is 2.80. The molecular weight excluding hydrogens is 409 g/mol. The van der Waals surface area contributed by atoms with Crippen LogP contribution in [0, 0.1) is 0 Å². The number of hydrogen-bond donors (Lipinski definition) is 1. The molecule has 148 valence electrons. The highest BCUT2D eigenvalue weighted by Crippen LogP contribution is 2.37. The molecule has 1 aliphatic heterocycles. The highest BCUT2D eigenvalue weighted by molar-refractivity contribution is 6.32. The second-order valence-electron chi connectivity index (χ2n) is 6.29. The molecule has 0 aromatic heterocycles. The molecule has 0 spiro atoms. The number of ether oxygens (including phenoxy) is 3. The molecule has 1 heterocycles. The van der Waals surface area contributed by atoms with E-state index in [0.717, 1.165) is 37.1 Å². The lowest BCUT2D eigenvalue weighted by atomic mass is 10.2. The average Bonchev–Trinajstić information content (AvgIpc) is 3.15. The number of halogens is 3. The van der Waals surface area contributed by atoms with Crippen molar-refractivity contribution in [2.24, 2.45) is 0 Å². The quantitative estimate of drug-likeness (QED) is 0.617. The number of hydrogen-bond acceptors (Lipinski definition) is 4. The first-order valence-electron chi connectivity index (χ1n) is 8.71. The summed E-state index contributed by atoms with van der Waals surface area (Å²) in [7, 11) is 1.62. The third-order valence-corrected chi connectivity index (χ3v) is 4.84. The molecule has 2 aromatic carbocycles. The second-order valence-corrected chi connectivity index (χ2v) is 7.13. The molecule has 1 N–H and O–H groups in total. The zero-order valence-electron chi connectivity index (χ0n) is 15.2. The Labute approximate surface area is 176 Å². The van der Waals surface area contributed by atoms with Crippen molar-refractivity contribution in [2.75, 3.05) is 20.3 Å². The van der Waals surface area contributed by atoms with Crippen molar-refractivity contribution in [3.05, 3.63) is 57.6 Å². The summed E-state index contributed by atoms with van der Waals surface area (Å²) in [5, 5.41) is 4.65. The molecule has 0 radical (unpaired) electrons. The molecule has 7 heteroatoms. The fourth-order valence-electron chi connectivity index (χ4n) is 2.93. The van der Waals surface area contributed by atoms with Crippen LogP contribution in [0.25, 0.3) is 0 Å². The van der Waals surface area contributed by atoms with Crippen LogP contribution in [-0.2, 0) is 17.9 Å². The van der Waals surface area contributed by atoms with E-state index in [9.17, 15) is 0 Å². The first kappa shape index (κ1) is 22.1. The van der Waals surface area contributed by atoms with Gasteiger partial charge in [0.2, 0.25) is 0 Å². The van der Waals surface area contributed by atoms with Crippen LogP contribution in [-0.4, -0.2) is 26.4 Å². The van der Waals surface area contributed by atoms with Gasteiger partial charge in [0.25, 0.3) is 0 Å². The largest absolute Gasteiger partial charge is 0.493 e. The van der Waals surface area contributed by atoms with Gasteiger partial charge in [0.1, 0.15) is 6.61 Å². The first-order valence-corrected chi connectivity index (χ1v) is 9.47. The molecule has 3 rings (SSSR count). The van der Waals surface area contributed by atoms with Crippen LogP contribution in [0.4, 0.5) is 0 Å². The Hall–Kier alpha value is -1.17. The minimum atomic E-state index is 0. The van der Waals surface area contributed by atoms with Crippen molar-refractivity contribution in [1.82, 2.24) is 5.32 Å². The smallest absolute Gasteiger partial charge is 0.180 e. The molecule has 0 bridgehead atoms. The molecule has 1 aliphatic rings. The van der Waals surface area contributed by atoms with Gasteiger partial charge in [-0.15, -0.1) is 12.4 Å². The molecule has 1 fully saturated rings. The molecule has 0 amide bonds. The topological polar surface area (TPSA) is 39.7 Å². The summed E-state index contributed by atoms with van der Waals surface area (Å²) in [5.41, 5.74) is 2.05. The van der Waals surface area contributed by atoms with Gasteiger partial charge < -0.3 is 19.5 Å². The first-order chi connectivity index (χ1) is 12.7. The molecule has 27 heavy (non-hydrogen) atoms. The molecule has 4 nitrogen and oxygen atoms in total. The predicted molar refractivity (Wildman–Crippen MR) is 112 cm³/mol. The lowest BCUT2D eigenvalue weighted by molar-refractivity contribution is 0.110. The monoisotopic (exact) mass is 431 g/mol. The van der Waals surface area contributed by atoms with Gasteiger partial charge in [-0.1, -0.05) is 35.3 Å². The standard InChI is InChI=1S/C20H23Cl2NO3.ClH/c1-24-19-10-15(11-23-12-17-3-2-8-25-17)9-18(22)20(19)26-13-14-4-6-16(21)7-5-14;/h4-7,9-10,17,23H,2-3,8,11-13H2,1H3;1H. The van der Waals surface area contributed by atoms with Gasteiger partial charge >= 0.3 is 0 Å². The van der Waals surface area contributed by atoms with Gasteiger partial charge in [0.15, 0.2) is 11.5 Å². The molecule has 1 atom stereocenters. The molecule has 0 saturated carbocycles.